The van der Waals surface area contributed by atoms with Gasteiger partial charge in [-0.25, -0.2) is 9.79 Å². The average Bonchev–Trinajstić information content (AvgIpc) is 3.44. The SMILES string of the molecule is CN(C)/C=N\C1C=CN([C@@H]2C[C@H](CO)C3O[Si](Cc4ccccc4)(c4ccccc4N(C)C)O[C@@H]32)C(=O)N1. The molecule has 0 radical (unpaired) electrons. The Labute approximate surface area is 225 Å². The van der Waals surface area contributed by atoms with E-state index in [9.17, 15) is 9.90 Å². The molecule has 9 nitrogen and oxygen atoms in total. The summed E-state index contributed by atoms with van der Waals surface area (Å²) in [6.45, 7) is -0.0267. The van der Waals surface area contributed by atoms with E-state index in [0.29, 0.717) is 12.5 Å². The van der Waals surface area contributed by atoms with Gasteiger partial charge in [0.15, 0.2) is 0 Å². The number of para-hydroxylation sites is 1. The van der Waals surface area contributed by atoms with E-state index in [1.807, 2.05) is 69.5 Å². The van der Waals surface area contributed by atoms with Crippen LogP contribution in [0.2, 0.25) is 0 Å². The maximum Gasteiger partial charge on any atom is 0.379 e. The third kappa shape index (κ3) is 5.09. The number of fused-ring (bicyclic) bond motifs is 1. The van der Waals surface area contributed by atoms with Crippen LogP contribution >= 0.6 is 0 Å². The van der Waals surface area contributed by atoms with E-state index in [-0.39, 0.29) is 36.8 Å². The first-order valence-electron chi connectivity index (χ1n) is 13.1. The number of benzene rings is 2. The fourth-order valence-electron chi connectivity index (χ4n) is 5.69. The molecule has 1 saturated carbocycles. The van der Waals surface area contributed by atoms with Crippen LogP contribution in [-0.2, 0) is 14.9 Å². The van der Waals surface area contributed by atoms with Crippen LogP contribution in [0.5, 0.6) is 0 Å². The van der Waals surface area contributed by atoms with Gasteiger partial charge in [0.2, 0.25) is 0 Å². The van der Waals surface area contributed by atoms with Crippen molar-refractivity contribution in [1.82, 2.24) is 15.1 Å². The van der Waals surface area contributed by atoms with Crippen LogP contribution in [0.4, 0.5) is 10.5 Å². The summed E-state index contributed by atoms with van der Waals surface area (Å²) in [5, 5.41) is 14.4. The molecule has 0 spiro atoms. The number of anilines is 1. The van der Waals surface area contributed by atoms with Crippen molar-refractivity contribution in [2.75, 3.05) is 39.7 Å². The van der Waals surface area contributed by atoms with Gasteiger partial charge in [-0.05, 0) is 24.1 Å². The van der Waals surface area contributed by atoms with Gasteiger partial charge in [0.05, 0.1) is 24.6 Å². The molecule has 10 heteroatoms. The van der Waals surface area contributed by atoms with Crippen molar-refractivity contribution in [3.63, 3.8) is 0 Å². The molecule has 2 fully saturated rings. The molecule has 1 saturated heterocycles. The molecule has 0 bridgehead atoms. The normalized spacial score (nSPS) is 30.5. The number of aliphatic hydroxyl groups excluding tert-OH is 1. The number of nitrogens with zero attached hydrogens (tertiary/aromatic N) is 4. The van der Waals surface area contributed by atoms with Crippen LogP contribution in [0.1, 0.15) is 12.0 Å². The molecular weight excluding hydrogens is 498 g/mol. The average molecular weight is 536 g/mol. The third-order valence-corrected chi connectivity index (χ3v) is 10.8. The van der Waals surface area contributed by atoms with E-state index in [1.54, 1.807) is 17.4 Å². The van der Waals surface area contributed by atoms with Gasteiger partial charge < -0.3 is 29.1 Å². The lowest BCUT2D eigenvalue weighted by atomic mass is 10.1. The molecule has 2 aromatic rings. The van der Waals surface area contributed by atoms with Crippen molar-refractivity contribution in [3.05, 3.63) is 72.4 Å². The Hall–Kier alpha value is -3.18. The molecule has 5 rings (SSSR count). The molecule has 3 aliphatic rings. The number of hydrogen-bond acceptors (Lipinski definition) is 6. The Balaban J connectivity index is 1.50. The predicted octanol–water partition coefficient (Wildman–Crippen LogP) is 1.80. The number of urea groups is 1. The fourth-order valence-corrected chi connectivity index (χ4v) is 9.68. The molecule has 2 heterocycles. The number of nitrogens with one attached hydrogen (secondary N) is 1. The Bertz CT molecular complexity index is 1190. The molecule has 202 valence electrons. The maximum atomic E-state index is 13.2. The van der Waals surface area contributed by atoms with Crippen LogP contribution in [0.3, 0.4) is 0 Å². The predicted molar refractivity (Wildman–Crippen MR) is 151 cm³/mol. The first-order valence-corrected chi connectivity index (χ1v) is 15.1. The topological polar surface area (TPSA) is 89.9 Å². The minimum absolute atomic E-state index is 0.0267. The number of hydrogen-bond donors (Lipinski definition) is 2. The van der Waals surface area contributed by atoms with Gasteiger partial charge in [-0.15, -0.1) is 0 Å². The van der Waals surface area contributed by atoms with E-state index < -0.39 is 14.7 Å². The Morgan fingerprint density at radius 2 is 1.79 bits per heavy atom. The van der Waals surface area contributed by atoms with Gasteiger partial charge in [-0.2, -0.15) is 0 Å². The van der Waals surface area contributed by atoms with Gasteiger partial charge in [0.1, 0.15) is 6.17 Å². The second-order valence-corrected chi connectivity index (χ2v) is 13.5. The van der Waals surface area contributed by atoms with E-state index in [1.165, 1.54) is 0 Å². The number of rotatable bonds is 8. The van der Waals surface area contributed by atoms with Crippen molar-refractivity contribution in [3.8, 4) is 0 Å². The zero-order chi connectivity index (χ0) is 26.9. The summed E-state index contributed by atoms with van der Waals surface area (Å²) < 4.78 is 14.1. The van der Waals surface area contributed by atoms with Gasteiger partial charge in [-0.1, -0.05) is 48.5 Å². The summed E-state index contributed by atoms with van der Waals surface area (Å²) in [4.78, 5) is 23.2. The number of carbonyl (C=O) groups excluding carboxylic acids is 1. The van der Waals surface area contributed by atoms with Crippen LogP contribution < -0.4 is 15.4 Å². The summed E-state index contributed by atoms with van der Waals surface area (Å²) in [5.41, 5.74) is 2.20. The number of carbonyl (C=O) groups is 1. The second-order valence-electron chi connectivity index (χ2n) is 10.6. The lowest BCUT2D eigenvalue weighted by molar-refractivity contribution is 0.0965. The quantitative estimate of drug-likeness (QED) is 0.305. The largest absolute Gasteiger partial charge is 0.396 e. The maximum absolute atomic E-state index is 13.2. The van der Waals surface area contributed by atoms with E-state index >= 15 is 0 Å². The molecule has 3 unspecified atom stereocenters. The summed E-state index contributed by atoms with van der Waals surface area (Å²) in [6, 6.07) is 18.7. The van der Waals surface area contributed by atoms with Crippen molar-refractivity contribution < 1.29 is 18.8 Å². The first-order chi connectivity index (χ1) is 18.3. The van der Waals surface area contributed by atoms with Gasteiger partial charge in [0, 0.05) is 63.8 Å². The molecule has 6 atom stereocenters. The smallest absolute Gasteiger partial charge is 0.379 e. The Kier molecular flexibility index (Phi) is 7.58. The van der Waals surface area contributed by atoms with Gasteiger partial charge in [0.25, 0.3) is 0 Å². The van der Waals surface area contributed by atoms with E-state index in [0.717, 1.165) is 16.4 Å². The zero-order valence-corrected chi connectivity index (χ0v) is 23.4. The summed E-state index contributed by atoms with van der Waals surface area (Å²) in [7, 11) is 4.78. The van der Waals surface area contributed by atoms with Crippen LogP contribution in [0.15, 0.2) is 71.9 Å². The Morgan fingerprint density at radius 1 is 1.08 bits per heavy atom. The van der Waals surface area contributed by atoms with Crippen LogP contribution in [0.25, 0.3) is 0 Å². The molecule has 0 aromatic heterocycles. The molecule has 38 heavy (non-hydrogen) atoms. The first kappa shape index (κ1) is 26.4. The lowest BCUT2D eigenvalue weighted by Crippen LogP contribution is -2.57. The molecule has 2 amide bonds. The fraction of sp³-hybridized carbons (Fsp3) is 0.429. The molecule has 2 aromatic carbocycles. The summed E-state index contributed by atoms with van der Waals surface area (Å²) in [6.07, 6.45) is 4.86. The third-order valence-electron chi connectivity index (χ3n) is 7.43. The molecule has 2 N–H and O–H groups in total. The minimum atomic E-state index is -3.04. The molecule has 2 aliphatic heterocycles. The Morgan fingerprint density at radius 3 is 2.47 bits per heavy atom. The van der Waals surface area contributed by atoms with Gasteiger partial charge >= 0.3 is 14.6 Å². The van der Waals surface area contributed by atoms with Gasteiger partial charge in [-0.3, -0.25) is 4.90 Å². The highest BCUT2D eigenvalue weighted by Crippen LogP contribution is 2.44. The van der Waals surface area contributed by atoms with Crippen molar-refractivity contribution in [2.24, 2.45) is 10.9 Å². The number of aliphatic imine (C=N–C) groups is 1. The number of aliphatic hydroxyl groups is 1. The lowest BCUT2D eigenvalue weighted by Gasteiger charge is -2.35. The van der Waals surface area contributed by atoms with Crippen LogP contribution in [-0.4, -0.2) is 95.1 Å². The van der Waals surface area contributed by atoms with Crippen molar-refractivity contribution in [2.45, 2.75) is 36.9 Å². The van der Waals surface area contributed by atoms with Crippen molar-refractivity contribution in [1.29, 1.82) is 0 Å². The van der Waals surface area contributed by atoms with E-state index in [4.69, 9.17) is 8.85 Å². The highest BCUT2D eigenvalue weighted by Gasteiger charge is 2.61. The molecular formula is C28H37N5O4Si. The highest BCUT2D eigenvalue weighted by molar-refractivity contribution is 6.82. The summed E-state index contributed by atoms with van der Waals surface area (Å²) >= 11 is 0. The standard InChI is InChI=1S/C28H37N5O4Si/c1-31(2)19-29-25-14-15-33(28(35)30-25)23-16-21(17-34)26-27(23)37-38(36-26,18-20-10-6-5-7-11-20)24-13-9-8-12-22(24)32(3)4/h5-15,19,21,23,25-27,34H,16-18H2,1-4H3,(H,30,35)/b29-19-/t21-,23-,25?,26?,27-,38?/m1/s1. The highest BCUT2D eigenvalue weighted by atomic mass is 28.4. The number of amides is 2. The molecule has 1 aliphatic carbocycles. The van der Waals surface area contributed by atoms with E-state index in [2.05, 4.69) is 39.5 Å². The minimum Gasteiger partial charge on any atom is -0.396 e. The van der Waals surface area contributed by atoms with Crippen molar-refractivity contribution >= 4 is 31.8 Å². The monoisotopic (exact) mass is 535 g/mol. The summed E-state index contributed by atoms with van der Waals surface area (Å²) in [5.74, 6) is -0.132. The zero-order valence-electron chi connectivity index (χ0n) is 22.4. The van der Waals surface area contributed by atoms with Crippen LogP contribution in [0, 0.1) is 5.92 Å². The second kappa shape index (κ2) is 10.9.